The van der Waals surface area contributed by atoms with Gasteiger partial charge < -0.3 is 10.8 Å². The highest BCUT2D eigenvalue weighted by Crippen LogP contribution is 2.33. The first-order valence-corrected chi connectivity index (χ1v) is 8.26. The third-order valence-corrected chi connectivity index (χ3v) is 5.35. The van der Waals surface area contributed by atoms with Gasteiger partial charge in [0.1, 0.15) is 0 Å². The van der Waals surface area contributed by atoms with E-state index in [-0.39, 0.29) is 12.6 Å². The minimum atomic E-state index is 0.220. The molecule has 3 N–H and O–H groups in total. The zero-order chi connectivity index (χ0) is 13.7. The van der Waals surface area contributed by atoms with E-state index in [1.807, 2.05) is 0 Å². The summed E-state index contributed by atoms with van der Waals surface area (Å²) in [5.41, 5.74) is 7.39. The molecule has 1 fully saturated rings. The van der Waals surface area contributed by atoms with Gasteiger partial charge in [0, 0.05) is 24.0 Å². The Hall–Kier alpha value is -0.420. The number of thiophene rings is 1. The van der Waals surface area contributed by atoms with E-state index in [1.54, 1.807) is 11.3 Å². The zero-order valence-electron chi connectivity index (χ0n) is 11.8. The van der Waals surface area contributed by atoms with Gasteiger partial charge in [0.15, 0.2) is 0 Å². The maximum absolute atomic E-state index is 9.40. The monoisotopic (exact) mass is 282 g/mol. The quantitative estimate of drug-likeness (QED) is 0.843. The molecule has 108 valence electrons. The Morgan fingerprint density at radius 2 is 2.16 bits per heavy atom. The van der Waals surface area contributed by atoms with Gasteiger partial charge in [0.2, 0.25) is 0 Å². The minimum Gasteiger partial charge on any atom is -0.395 e. The number of hydrogen-bond acceptors (Lipinski definition) is 4. The van der Waals surface area contributed by atoms with Crippen LogP contribution < -0.4 is 5.73 Å². The van der Waals surface area contributed by atoms with Crippen LogP contribution in [0, 0.1) is 6.92 Å². The van der Waals surface area contributed by atoms with Crippen molar-refractivity contribution in [2.45, 2.75) is 51.1 Å². The van der Waals surface area contributed by atoms with E-state index in [4.69, 9.17) is 5.73 Å². The lowest BCUT2D eigenvalue weighted by atomic mass is 9.92. The number of rotatable bonds is 6. The molecule has 19 heavy (non-hydrogen) atoms. The highest BCUT2D eigenvalue weighted by atomic mass is 32.1. The van der Waals surface area contributed by atoms with Crippen LogP contribution in [0.3, 0.4) is 0 Å². The molecule has 1 aromatic heterocycles. The fraction of sp³-hybridized carbons (Fsp3) is 0.733. The molecule has 0 aromatic carbocycles. The molecular formula is C15H26N2OS. The average Bonchev–Trinajstić information content (AvgIpc) is 2.86. The van der Waals surface area contributed by atoms with E-state index in [0.29, 0.717) is 12.6 Å². The van der Waals surface area contributed by atoms with Crippen molar-refractivity contribution in [3.8, 4) is 0 Å². The zero-order valence-corrected chi connectivity index (χ0v) is 12.7. The summed E-state index contributed by atoms with van der Waals surface area (Å²) >= 11 is 1.80. The van der Waals surface area contributed by atoms with Gasteiger partial charge in [-0.05, 0) is 36.8 Å². The summed E-state index contributed by atoms with van der Waals surface area (Å²) in [6, 6.07) is 3.03. The Morgan fingerprint density at radius 1 is 1.42 bits per heavy atom. The van der Waals surface area contributed by atoms with Crippen molar-refractivity contribution in [1.29, 1.82) is 0 Å². The predicted octanol–water partition coefficient (Wildman–Crippen LogP) is 2.68. The lowest BCUT2D eigenvalue weighted by Gasteiger charge is -2.39. The largest absolute Gasteiger partial charge is 0.395 e. The van der Waals surface area contributed by atoms with Crippen LogP contribution in [0.25, 0.3) is 0 Å². The number of nitrogens with zero attached hydrogens (tertiary/aromatic N) is 1. The normalized spacial score (nSPS) is 18.9. The molecule has 1 heterocycles. The molecule has 2 rings (SSSR count). The topological polar surface area (TPSA) is 49.5 Å². The summed E-state index contributed by atoms with van der Waals surface area (Å²) in [6.45, 7) is 3.76. The first-order chi connectivity index (χ1) is 9.27. The Morgan fingerprint density at radius 3 is 2.68 bits per heavy atom. The average molecular weight is 282 g/mol. The van der Waals surface area contributed by atoms with Crippen molar-refractivity contribution >= 4 is 11.3 Å². The van der Waals surface area contributed by atoms with E-state index >= 15 is 0 Å². The Bertz CT molecular complexity index is 374. The number of aryl methyl sites for hydroxylation is 1. The Kier molecular flexibility index (Phi) is 5.82. The maximum Gasteiger partial charge on any atom is 0.0570 e. The van der Waals surface area contributed by atoms with Crippen molar-refractivity contribution in [3.63, 3.8) is 0 Å². The standard InChI is InChI=1S/C15H26N2OS/c1-12-7-10-19-15(12)14(11-16)17(8-9-18)13-5-3-2-4-6-13/h7,10,13-14,18H,2-6,8-9,11,16H2,1H3. The summed E-state index contributed by atoms with van der Waals surface area (Å²) in [5, 5.41) is 11.5. The van der Waals surface area contributed by atoms with Crippen LogP contribution in [-0.2, 0) is 0 Å². The van der Waals surface area contributed by atoms with Crippen LogP contribution in [0.15, 0.2) is 11.4 Å². The van der Waals surface area contributed by atoms with Crippen molar-refractivity contribution in [3.05, 3.63) is 21.9 Å². The highest BCUT2D eigenvalue weighted by Gasteiger charge is 2.28. The molecule has 0 saturated heterocycles. The molecule has 0 amide bonds. The maximum atomic E-state index is 9.40. The van der Waals surface area contributed by atoms with Crippen LogP contribution in [0.2, 0.25) is 0 Å². The molecule has 1 unspecified atom stereocenters. The molecule has 3 nitrogen and oxygen atoms in total. The molecule has 0 spiro atoms. The summed E-state index contributed by atoms with van der Waals surface area (Å²) in [4.78, 5) is 3.83. The lowest BCUT2D eigenvalue weighted by Crippen LogP contribution is -2.43. The van der Waals surface area contributed by atoms with Gasteiger partial charge in [-0.1, -0.05) is 19.3 Å². The number of nitrogens with two attached hydrogens (primary N) is 1. The number of hydrogen-bond donors (Lipinski definition) is 2. The van der Waals surface area contributed by atoms with E-state index in [2.05, 4.69) is 23.3 Å². The van der Waals surface area contributed by atoms with Crippen LogP contribution in [0.5, 0.6) is 0 Å². The van der Waals surface area contributed by atoms with E-state index in [0.717, 1.165) is 6.54 Å². The Labute approximate surface area is 120 Å². The summed E-state index contributed by atoms with van der Waals surface area (Å²) in [6.07, 6.45) is 6.48. The van der Waals surface area contributed by atoms with Gasteiger partial charge in [-0.15, -0.1) is 11.3 Å². The lowest BCUT2D eigenvalue weighted by molar-refractivity contribution is 0.0841. The van der Waals surface area contributed by atoms with Gasteiger partial charge in [-0.25, -0.2) is 0 Å². The van der Waals surface area contributed by atoms with Crippen LogP contribution in [0.4, 0.5) is 0 Å². The van der Waals surface area contributed by atoms with Crippen molar-refractivity contribution in [2.24, 2.45) is 5.73 Å². The fourth-order valence-corrected chi connectivity index (χ4v) is 4.30. The number of aliphatic hydroxyl groups is 1. The van der Waals surface area contributed by atoms with Gasteiger partial charge in [0.25, 0.3) is 0 Å². The van der Waals surface area contributed by atoms with E-state index in [1.165, 1.54) is 42.5 Å². The van der Waals surface area contributed by atoms with Gasteiger partial charge in [0.05, 0.1) is 12.6 Å². The number of aliphatic hydroxyl groups excluding tert-OH is 1. The SMILES string of the molecule is Cc1ccsc1C(CN)N(CCO)C1CCCCC1. The molecule has 0 aliphatic heterocycles. The van der Waals surface area contributed by atoms with Gasteiger partial charge >= 0.3 is 0 Å². The van der Waals surface area contributed by atoms with Crippen molar-refractivity contribution < 1.29 is 5.11 Å². The summed E-state index contributed by atoms with van der Waals surface area (Å²) < 4.78 is 0. The first-order valence-electron chi connectivity index (χ1n) is 7.38. The van der Waals surface area contributed by atoms with E-state index < -0.39 is 0 Å². The molecule has 4 heteroatoms. The molecule has 0 bridgehead atoms. The second-order valence-electron chi connectivity index (χ2n) is 5.47. The smallest absolute Gasteiger partial charge is 0.0570 e. The Balaban J connectivity index is 2.17. The summed E-state index contributed by atoms with van der Waals surface area (Å²) in [5.74, 6) is 0. The third kappa shape index (κ3) is 3.57. The molecule has 1 atom stereocenters. The first kappa shape index (κ1) is 15.0. The van der Waals surface area contributed by atoms with Crippen molar-refractivity contribution in [2.75, 3.05) is 19.7 Å². The molecule has 1 saturated carbocycles. The predicted molar refractivity (Wildman–Crippen MR) is 81.5 cm³/mol. The van der Waals surface area contributed by atoms with E-state index in [9.17, 15) is 5.11 Å². The second-order valence-corrected chi connectivity index (χ2v) is 6.42. The summed E-state index contributed by atoms with van der Waals surface area (Å²) in [7, 11) is 0. The second kappa shape index (κ2) is 7.39. The van der Waals surface area contributed by atoms with Crippen LogP contribution >= 0.6 is 11.3 Å². The molecule has 1 aliphatic rings. The highest BCUT2D eigenvalue weighted by molar-refractivity contribution is 7.10. The minimum absolute atomic E-state index is 0.220. The van der Waals surface area contributed by atoms with Gasteiger partial charge in [-0.2, -0.15) is 0 Å². The molecule has 0 radical (unpaired) electrons. The molecule has 1 aliphatic carbocycles. The van der Waals surface area contributed by atoms with Crippen LogP contribution in [-0.4, -0.2) is 35.7 Å². The van der Waals surface area contributed by atoms with Gasteiger partial charge in [-0.3, -0.25) is 4.90 Å². The fourth-order valence-electron chi connectivity index (χ4n) is 3.24. The third-order valence-electron chi connectivity index (χ3n) is 4.23. The van der Waals surface area contributed by atoms with Crippen LogP contribution in [0.1, 0.15) is 48.6 Å². The van der Waals surface area contributed by atoms with Crippen molar-refractivity contribution in [1.82, 2.24) is 4.90 Å². The molecular weight excluding hydrogens is 256 g/mol. The molecule has 1 aromatic rings.